The quantitative estimate of drug-likeness (QED) is 0.750. The molecule has 0 N–H and O–H groups in total. The third-order valence-electron chi connectivity index (χ3n) is 3.33. The number of carbonyl (C=O) groups excluding carboxylic acids is 1. The Morgan fingerprint density at radius 3 is 2.86 bits per heavy atom. The van der Waals surface area contributed by atoms with Gasteiger partial charge in [0.15, 0.2) is 5.78 Å². The highest BCUT2D eigenvalue weighted by Crippen LogP contribution is 2.35. The van der Waals surface area contributed by atoms with Crippen LogP contribution in [0.1, 0.15) is 15.9 Å². The van der Waals surface area contributed by atoms with E-state index in [1.54, 1.807) is 24.9 Å². The zero-order chi connectivity index (χ0) is 14.8. The molecule has 0 fully saturated rings. The van der Waals surface area contributed by atoms with Crippen LogP contribution in [0.2, 0.25) is 5.02 Å². The molecule has 21 heavy (non-hydrogen) atoms. The highest BCUT2D eigenvalue weighted by atomic mass is 35.5. The first-order valence-electron chi connectivity index (χ1n) is 6.49. The molecular formula is C17H13ClO2S. The van der Waals surface area contributed by atoms with Crippen molar-refractivity contribution in [2.45, 2.75) is 4.90 Å². The normalized spacial score (nSPS) is 15.9. The van der Waals surface area contributed by atoms with Gasteiger partial charge in [0, 0.05) is 32.4 Å². The Balaban J connectivity index is 2.01. The van der Waals surface area contributed by atoms with Crippen molar-refractivity contribution in [3.05, 3.63) is 64.2 Å². The second kappa shape index (κ2) is 5.96. The molecule has 0 atom stereocenters. The van der Waals surface area contributed by atoms with Gasteiger partial charge in [0.1, 0.15) is 5.75 Å². The molecule has 0 bridgehead atoms. The van der Waals surface area contributed by atoms with E-state index in [-0.39, 0.29) is 5.78 Å². The molecule has 0 saturated carbocycles. The van der Waals surface area contributed by atoms with Gasteiger partial charge in [-0.2, -0.15) is 0 Å². The van der Waals surface area contributed by atoms with Gasteiger partial charge in [0.2, 0.25) is 0 Å². The maximum Gasteiger partial charge on any atom is 0.191 e. The van der Waals surface area contributed by atoms with Crippen molar-refractivity contribution in [2.24, 2.45) is 0 Å². The summed E-state index contributed by atoms with van der Waals surface area (Å²) >= 11 is 7.65. The average Bonchev–Trinajstić information content (AvgIpc) is 2.51. The Bertz CT molecular complexity index is 737. The van der Waals surface area contributed by atoms with Gasteiger partial charge in [0.05, 0.1) is 7.11 Å². The highest BCUT2D eigenvalue weighted by molar-refractivity contribution is 7.99. The highest BCUT2D eigenvalue weighted by Gasteiger charge is 2.23. The summed E-state index contributed by atoms with van der Waals surface area (Å²) in [6, 6.07) is 13.1. The van der Waals surface area contributed by atoms with Crippen LogP contribution in [0.5, 0.6) is 5.75 Å². The third kappa shape index (κ3) is 2.85. The van der Waals surface area contributed by atoms with Crippen LogP contribution in [0.4, 0.5) is 0 Å². The number of hydrogen-bond acceptors (Lipinski definition) is 3. The van der Waals surface area contributed by atoms with Crippen molar-refractivity contribution in [3.8, 4) is 5.75 Å². The molecule has 1 aliphatic heterocycles. The Labute approximate surface area is 132 Å². The number of para-hydroxylation sites is 1. The fourth-order valence-corrected chi connectivity index (χ4v) is 3.45. The lowest BCUT2D eigenvalue weighted by atomic mass is 10.0. The Morgan fingerprint density at radius 2 is 2.05 bits per heavy atom. The van der Waals surface area contributed by atoms with E-state index in [1.165, 1.54) is 0 Å². The fourth-order valence-electron chi connectivity index (χ4n) is 2.28. The van der Waals surface area contributed by atoms with E-state index in [4.69, 9.17) is 16.3 Å². The molecule has 2 aromatic carbocycles. The molecule has 0 radical (unpaired) electrons. The van der Waals surface area contributed by atoms with Crippen LogP contribution in [-0.4, -0.2) is 18.6 Å². The predicted octanol–water partition coefficient (Wildman–Crippen LogP) is 4.72. The van der Waals surface area contributed by atoms with Crippen LogP contribution in [0, 0.1) is 0 Å². The molecule has 3 rings (SSSR count). The number of halogens is 1. The molecule has 0 spiro atoms. The monoisotopic (exact) mass is 316 g/mol. The maximum atomic E-state index is 12.6. The summed E-state index contributed by atoms with van der Waals surface area (Å²) in [5.74, 6) is 1.46. The Kier molecular flexibility index (Phi) is 4.04. The smallest absolute Gasteiger partial charge is 0.191 e. The number of rotatable bonds is 2. The minimum absolute atomic E-state index is 0.0390. The molecule has 4 heteroatoms. The zero-order valence-electron chi connectivity index (χ0n) is 11.4. The van der Waals surface area contributed by atoms with Crippen molar-refractivity contribution >= 4 is 35.2 Å². The molecule has 0 saturated heterocycles. The maximum absolute atomic E-state index is 12.6. The molecule has 1 heterocycles. The van der Waals surface area contributed by atoms with Crippen LogP contribution < -0.4 is 4.74 Å². The first-order valence-corrected chi connectivity index (χ1v) is 7.86. The molecule has 0 unspecified atom stereocenters. The van der Waals surface area contributed by atoms with Gasteiger partial charge in [-0.15, -0.1) is 11.8 Å². The average molecular weight is 317 g/mol. The van der Waals surface area contributed by atoms with Crippen LogP contribution in [-0.2, 0) is 0 Å². The summed E-state index contributed by atoms with van der Waals surface area (Å²) in [5.41, 5.74) is 2.36. The lowest BCUT2D eigenvalue weighted by molar-refractivity contribution is 0.103. The Hall–Kier alpha value is -1.71. The Morgan fingerprint density at radius 1 is 1.24 bits per heavy atom. The van der Waals surface area contributed by atoms with Gasteiger partial charge in [0.25, 0.3) is 0 Å². The van der Waals surface area contributed by atoms with Gasteiger partial charge < -0.3 is 4.74 Å². The molecule has 1 aliphatic rings. The molecule has 106 valence electrons. The van der Waals surface area contributed by atoms with Gasteiger partial charge in [-0.25, -0.2) is 0 Å². The van der Waals surface area contributed by atoms with Gasteiger partial charge in [-0.05, 0) is 30.3 Å². The number of Topliss-reactive ketones (excluding diaryl/α,β-unsaturated/α-hetero) is 1. The first kappa shape index (κ1) is 14.2. The number of hydrogen-bond donors (Lipinski definition) is 0. The van der Waals surface area contributed by atoms with E-state index in [2.05, 4.69) is 0 Å². The number of benzene rings is 2. The number of methoxy groups -OCH3 is 1. The minimum atomic E-state index is 0.0390. The summed E-state index contributed by atoms with van der Waals surface area (Å²) < 4.78 is 5.33. The van der Waals surface area contributed by atoms with Crippen molar-refractivity contribution in [2.75, 3.05) is 12.9 Å². The van der Waals surface area contributed by atoms with E-state index in [0.29, 0.717) is 16.3 Å². The van der Waals surface area contributed by atoms with Crippen molar-refractivity contribution < 1.29 is 9.53 Å². The van der Waals surface area contributed by atoms with Crippen LogP contribution in [0.25, 0.3) is 6.08 Å². The summed E-state index contributed by atoms with van der Waals surface area (Å²) in [6.07, 6.45) is 1.90. The summed E-state index contributed by atoms with van der Waals surface area (Å²) in [4.78, 5) is 13.6. The fraction of sp³-hybridized carbons (Fsp3) is 0.118. The molecule has 0 aliphatic carbocycles. The zero-order valence-corrected chi connectivity index (χ0v) is 13.0. The largest absolute Gasteiger partial charge is 0.496 e. The second-order valence-electron chi connectivity index (χ2n) is 4.67. The summed E-state index contributed by atoms with van der Waals surface area (Å²) in [7, 11) is 1.63. The third-order valence-corrected chi connectivity index (χ3v) is 4.69. The van der Waals surface area contributed by atoms with Crippen LogP contribution in [0.15, 0.2) is 52.9 Å². The summed E-state index contributed by atoms with van der Waals surface area (Å²) in [5, 5.41) is 0.584. The molecular weight excluding hydrogens is 304 g/mol. The number of thioether (sulfide) groups is 1. The van der Waals surface area contributed by atoms with Gasteiger partial charge >= 0.3 is 0 Å². The van der Waals surface area contributed by atoms with Crippen molar-refractivity contribution in [1.29, 1.82) is 0 Å². The first-order chi connectivity index (χ1) is 10.2. The predicted molar refractivity (Wildman–Crippen MR) is 87.5 cm³/mol. The number of carbonyl (C=O) groups is 1. The van der Waals surface area contributed by atoms with Crippen LogP contribution >= 0.6 is 23.4 Å². The van der Waals surface area contributed by atoms with Gasteiger partial charge in [-0.3, -0.25) is 4.79 Å². The molecule has 0 aromatic heterocycles. The van der Waals surface area contributed by atoms with E-state index in [9.17, 15) is 4.79 Å². The van der Waals surface area contributed by atoms with Gasteiger partial charge in [-0.1, -0.05) is 29.8 Å². The molecule has 2 nitrogen and oxygen atoms in total. The van der Waals surface area contributed by atoms with Crippen molar-refractivity contribution in [1.82, 2.24) is 0 Å². The van der Waals surface area contributed by atoms with E-state index in [0.717, 1.165) is 21.8 Å². The number of ether oxygens (including phenoxy) is 1. The SMILES string of the molecule is COc1ccccc1/C=C1\CSc2ccc(Cl)cc2C1=O. The standard InChI is InChI=1S/C17H13ClO2S/c1-20-15-5-3-2-4-11(15)8-12-10-21-16-7-6-13(18)9-14(16)17(12)19/h2-9H,10H2,1H3/b12-8+. The van der Waals surface area contributed by atoms with Crippen molar-refractivity contribution in [3.63, 3.8) is 0 Å². The lowest BCUT2D eigenvalue weighted by Crippen LogP contribution is -2.12. The van der Waals surface area contributed by atoms with E-state index < -0.39 is 0 Å². The second-order valence-corrected chi connectivity index (χ2v) is 6.12. The number of ketones is 1. The van der Waals surface area contributed by atoms with E-state index in [1.807, 2.05) is 42.5 Å². The minimum Gasteiger partial charge on any atom is -0.496 e. The van der Waals surface area contributed by atoms with Crippen LogP contribution in [0.3, 0.4) is 0 Å². The van der Waals surface area contributed by atoms with E-state index >= 15 is 0 Å². The number of fused-ring (bicyclic) bond motifs is 1. The summed E-state index contributed by atoms with van der Waals surface area (Å²) in [6.45, 7) is 0. The lowest BCUT2D eigenvalue weighted by Gasteiger charge is -2.17. The topological polar surface area (TPSA) is 26.3 Å². The molecule has 0 amide bonds. The molecule has 2 aromatic rings.